The number of aliphatic carboxylic acids is 1. The van der Waals surface area contributed by atoms with Crippen LogP contribution in [0.1, 0.15) is 40.8 Å². The van der Waals surface area contributed by atoms with Crippen LogP contribution < -0.4 is 5.32 Å². The van der Waals surface area contributed by atoms with Gasteiger partial charge in [-0.15, -0.1) is 23.1 Å². The number of carbonyl (C=O) groups is 2. The van der Waals surface area contributed by atoms with Gasteiger partial charge in [0.2, 0.25) is 0 Å². The summed E-state index contributed by atoms with van der Waals surface area (Å²) in [7, 11) is 0. The first-order valence-corrected chi connectivity index (χ1v) is 9.53. The Hall–Kier alpha value is -1.86. The summed E-state index contributed by atoms with van der Waals surface area (Å²) in [5.41, 5.74) is 1.51. The van der Waals surface area contributed by atoms with Gasteiger partial charge in [-0.1, -0.05) is 13.3 Å². The van der Waals surface area contributed by atoms with Crippen LogP contribution in [0.15, 0.2) is 34.5 Å². The molecule has 0 radical (unpaired) electrons. The van der Waals surface area contributed by atoms with E-state index >= 15 is 0 Å². The Morgan fingerprint density at radius 2 is 2.04 bits per heavy atom. The fraction of sp³-hybridized carbons (Fsp3) is 0.353. The third kappa shape index (κ3) is 5.35. The summed E-state index contributed by atoms with van der Waals surface area (Å²) in [6.45, 7) is 3.87. The number of nitrogens with zero attached hydrogens (tertiary/aromatic N) is 1. The second-order valence-corrected chi connectivity index (χ2v) is 7.43. The van der Waals surface area contributed by atoms with Crippen LogP contribution in [-0.2, 0) is 10.5 Å². The standard InChI is InChI=1S/C17H20N2O3S2/c1-3-4-15(17(21)22)19-16(20)12-5-7-14(8-6-12)24-10-13-9-23-11(2)18-13/h5-9,15H,3-4,10H2,1-2H3,(H,19,20)(H,21,22). The van der Waals surface area contributed by atoms with Gasteiger partial charge in [0.25, 0.3) is 5.91 Å². The van der Waals surface area contributed by atoms with Crippen LogP contribution in [0.5, 0.6) is 0 Å². The van der Waals surface area contributed by atoms with Crippen LogP contribution in [0.4, 0.5) is 0 Å². The molecule has 2 rings (SSSR count). The van der Waals surface area contributed by atoms with Gasteiger partial charge in [-0.3, -0.25) is 4.79 Å². The lowest BCUT2D eigenvalue weighted by Crippen LogP contribution is -2.40. The van der Waals surface area contributed by atoms with E-state index in [0.29, 0.717) is 18.4 Å². The molecule has 5 nitrogen and oxygen atoms in total. The molecule has 0 saturated carbocycles. The van der Waals surface area contributed by atoms with Crippen molar-refractivity contribution in [2.24, 2.45) is 0 Å². The van der Waals surface area contributed by atoms with Gasteiger partial charge >= 0.3 is 5.97 Å². The minimum Gasteiger partial charge on any atom is -0.480 e. The Kier molecular flexibility index (Phi) is 6.81. The van der Waals surface area contributed by atoms with Crippen LogP contribution in [-0.4, -0.2) is 28.0 Å². The molecule has 128 valence electrons. The normalized spacial score (nSPS) is 11.9. The van der Waals surface area contributed by atoms with Gasteiger partial charge in [0, 0.05) is 21.6 Å². The molecule has 0 fully saturated rings. The number of rotatable bonds is 8. The van der Waals surface area contributed by atoms with E-state index in [1.165, 1.54) is 0 Å². The van der Waals surface area contributed by atoms with Crippen molar-refractivity contribution < 1.29 is 14.7 Å². The summed E-state index contributed by atoms with van der Waals surface area (Å²) in [4.78, 5) is 28.7. The smallest absolute Gasteiger partial charge is 0.326 e. The highest BCUT2D eigenvalue weighted by Gasteiger charge is 2.19. The van der Waals surface area contributed by atoms with Crippen LogP contribution in [0.25, 0.3) is 0 Å². The average molecular weight is 364 g/mol. The molecule has 7 heteroatoms. The highest BCUT2D eigenvalue weighted by atomic mass is 32.2. The lowest BCUT2D eigenvalue weighted by molar-refractivity contribution is -0.139. The molecular weight excluding hydrogens is 344 g/mol. The fourth-order valence-corrected chi connectivity index (χ4v) is 3.63. The Balaban J connectivity index is 1.92. The maximum atomic E-state index is 12.1. The van der Waals surface area contributed by atoms with E-state index in [1.54, 1.807) is 35.2 Å². The van der Waals surface area contributed by atoms with Crippen molar-refractivity contribution in [1.82, 2.24) is 10.3 Å². The molecule has 0 spiro atoms. The molecular formula is C17H20N2O3S2. The number of hydrogen-bond acceptors (Lipinski definition) is 5. The van der Waals surface area contributed by atoms with Gasteiger partial charge in [0.15, 0.2) is 0 Å². The van der Waals surface area contributed by atoms with E-state index < -0.39 is 12.0 Å². The van der Waals surface area contributed by atoms with Crippen LogP contribution in [0, 0.1) is 6.92 Å². The minimum absolute atomic E-state index is 0.359. The lowest BCUT2D eigenvalue weighted by Gasteiger charge is -2.13. The number of carboxylic acids is 1. The Bertz CT molecular complexity index is 698. The van der Waals surface area contributed by atoms with Crippen LogP contribution in [0.3, 0.4) is 0 Å². The summed E-state index contributed by atoms with van der Waals surface area (Å²) in [5.74, 6) is -0.577. The van der Waals surface area contributed by atoms with Crippen LogP contribution in [0.2, 0.25) is 0 Å². The number of carbonyl (C=O) groups excluding carboxylic acids is 1. The summed E-state index contributed by atoms with van der Waals surface area (Å²) in [6, 6.07) is 6.33. The maximum absolute atomic E-state index is 12.1. The first-order valence-electron chi connectivity index (χ1n) is 7.67. The Morgan fingerprint density at radius 1 is 1.33 bits per heavy atom. The second kappa shape index (κ2) is 8.84. The van der Waals surface area contributed by atoms with Crippen molar-refractivity contribution in [3.05, 3.63) is 45.9 Å². The molecule has 0 aliphatic rings. The van der Waals surface area contributed by atoms with E-state index in [0.717, 1.165) is 21.3 Å². The molecule has 2 aromatic rings. The summed E-state index contributed by atoms with van der Waals surface area (Å²) < 4.78 is 0. The van der Waals surface area contributed by atoms with E-state index in [4.69, 9.17) is 5.11 Å². The zero-order chi connectivity index (χ0) is 17.5. The first kappa shape index (κ1) is 18.5. The molecule has 1 aromatic heterocycles. The highest BCUT2D eigenvalue weighted by molar-refractivity contribution is 7.98. The third-order valence-electron chi connectivity index (χ3n) is 3.35. The number of hydrogen-bond donors (Lipinski definition) is 2. The highest BCUT2D eigenvalue weighted by Crippen LogP contribution is 2.23. The monoisotopic (exact) mass is 364 g/mol. The number of nitrogens with one attached hydrogen (secondary N) is 1. The Labute approximate surface area is 149 Å². The SMILES string of the molecule is CCCC(NC(=O)c1ccc(SCc2csc(C)n2)cc1)C(=O)O. The molecule has 0 aliphatic heterocycles. The quantitative estimate of drug-likeness (QED) is 0.698. The molecule has 0 aliphatic carbocycles. The zero-order valence-electron chi connectivity index (χ0n) is 13.6. The average Bonchev–Trinajstić information content (AvgIpc) is 2.98. The second-order valence-electron chi connectivity index (χ2n) is 5.32. The van der Waals surface area contributed by atoms with Gasteiger partial charge in [-0.05, 0) is 37.6 Å². The van der Waals surface area contributed by atoms with Crippen molar-refractivity contribution in [3.8, 4) is 0 Å². The molecule has 1 aromatic carbocycles. The van der Waals surface area contributed by atoms with Crippen molar-refractivity contribution in [3.63, 3.8) is 0 Å². The minimum atomic E-state index is -1.00. The lowest BCUT2D eigenvalue weighted by atomic mass is 10.1. The number of aryl methyl sites for hydroxylation is 1. The predicted molar refractivity (Wildman–Crippen MR) is 96.7 cm³/mol. The molecule has 2 N–H and O–H groups in total. The van der Waals surface area contributed by atoms with Gasteiger partial charge < -0.3 is 10.4 Å². The fourth-order valence-electron chi connectivity index (χ4n) is 2.12. The van der Waals surface area contributed by atoms with Crippen LogP contribution >= 0.6 is 23.1 Å². The molecule has 0 saturated heterocycles. The van der Waals surface area contributed by atoms with E-state index in [1.807, 2.05) is 31.4 Å². The summed E-state index contributed by atoms with van der Waals surface area (Å²) >= 11 is 3.28. The topological polar surface area (TPSA) is 79.3 Å². The Morgan fingerprint density at radius 3 is 2.58 bits per heavy atom. The first-order chi connectivity index (χ1) is 11.5. The molecule has 24 heavy (non-hydrogen) atoms. The van der Waals surface area contributed by atoms with Gasteiger partial charge in [-0.25, -0.2) is 9.78 Å². The molecule has 1 heterocycles. The van der Waals surface area contributed by atoms with Gasteiger partial charge in [-0.2, -0.15) is 0 Å². The van der Waals surface area contributed by atoms with Gasteiger partial charge in [0.1, 0.15) is 6.04 Å². The number of carboxylic acid groups (broad SMARTS) is 1. The number of benzene rings is 1. The van der Waals surface area contributed by atoms with Crippen molar-refractivity contribution in [2.75, 3.05) is 0 Å². The van der Waals surface area contributed by atoms with Gasteiger partial charge in [0.05, 0.1) is 10.7 Å². The third-order valence-corrected chi connectivity index (χ3v) is 5.22. The predicted octanol–water partition coefficient (Wildman–Crippen LogP) is 3.73. The van der Waals surface area contributed by atoms with E-state index in [2.05, 4.69) is 10.3 Å². The molecule has 1 amide bonds. The zero-order valence-corrected chi connectivity index (χ0v) is 15.2. The summed E-state index contributed by atoms with van der Waals surface area (Å²) in [6.07, 6.45) is 1.12. The molecule has 1 unspecified atom stereocenters. The largest absolute Gasteiger partial charge is 0.480 e. The van der Waals surface area contributed by atoms with Crippen molar-refractivity contribution in [2.45, 2.75) is 43.4 Å². The van der Waals surface area contributed by atoms with Crippen molar-refractivity contribution >= 4 is 35.0 Å². The van der Waals surface area contributed by atoms with E-state index in [-0.39, 0.29) is 5.91 Å². The van der Waals surface area contributed by atoms with Crippen molar-refractivity contribution in [1.29, 1.82) is 0 Å². The number of aromatic nitrogens is 1. The number of amides is 1. The number of thioether (sulfide) groups is 1. The summed E-state index contributed by atoms with van der Waals surface area (Å²) in [5, 5.41) is 14.8. The molecule has 0 bridgehead atoms. The maximum Gasteiger partial charge on any atom is 0.326 e. The number of thiazole rings is 1. The van der Waals surface area contributed by atoms with E-state index in [9.17, 15) is 9.59 Å². The molecule has 1 atom stereocenters.